The number of alkyl halides is 3. The standard InChI is InChI=1S/C13H15F3N2O2.ClH/c14-13(15,16)20-11-3-1-9(2-4-11)5-12(19)18-8-10-6-17-7-10;/h1-4,10,17H,5-8H2,(H,18,19);1H. The van der Waals surface area contributed by atoms with Crippen LogP contribution < -0.4 is 15.4 Å². The van der Waals surface area contributed by atoms with Crippen molar-refractivity contribution in [3.63, 3.8) is 0 Å². The minimum Gasteiger partial charge on any atom is -0.406 e. The maximum absolute atomic E-state index is 12.0. The van der Waals surface area contributed by atoms with Crippen molar-refractivity contribution in [2.75, 3.05) is 19.6 Å². The van der Waals surface area contributed by atoms with Crippen LogP contribution in [-0.4, -0.2) is 31.9 Å². The number of benzene rings is 1. The molecule has 1 aliphatic rings. The van der Waals surface area contributed by atoms with E-state index in [0.717, 1.165) is 13.1 Å². The number of ether oxygens (including phenoxy) is 1. The predicted molar refractivity (Wildman–Crippen MR) is 73.4 cm³/mol. The molecule has 4 nitrogen and oxygen atoms in total. The van der Waals surface area contributed by atoms with Crippen molar-refractivity contribution in [3.05, 3.63) is 29.8 Å². The second-order valence-electron chi connectivity index (χ2n) is 4.70. The molecule has 0 unspecified atom stereocenters. The van der Waals surface area contributed by atoms with Gasteiger partial charge < -0.3 is 15.4 Å². The van der Waals surface area contributed by atoms with Gasteiger partial charge in [-0.3, -0.25) is 4.79 Å². The monoisotopic (exact) mass is 324 g/mol. The van der Waals surface area contributed by atoms with E-state index >= 15 is 0 Å². The van der Waals surface area contributed by atoms with Crippen LogP contribution in [0.15, 0.2) is 24.3 Å². The van der Waals surface area contributed by atoms with Gasteiger partial charge in [-0.25, -0.2) is 0 Å². The normalized spacial score (nSPS) is 14.8. The van der Waals surface area contributed by atoms with Gasteiger partial charge in [0.1, 0.15) is 5.75 Å². The van der Waals surface area contributed by atoms with E-state index < -0.39 is 6.36 Å². The summed E-state index contributed by atoms with van der Waals surface area (Å²) in [7, 11) is 0. The molecule has 1 amide bonds. The first-order valence-electron chi connectivity index (χ1n) is 6.24. The molecule has 8 heteroatoms. The molecule has 2 rings (SSSR count). The van der Waals surface area contributed by atoms with Crippen LogP contribution in [0.25, 0.3) is 0 Å². The van der Waals surface area contributed by atoms with Crippen LogP contribution in [0, 0.1) is 5.92 Å². The average Bonchev–Trinajstić information content (AvgIpc) is 2.28. The van der Waals surface area contributed by atoms with Crippen molar-refractivity contribution >= 4 is 18.3 Å². The van der Waals surface area contributed by atoms with Crippen LogP contribution in [0.5, 0.6) is 5.75 Å². The highest BCUT2D eigenvalue weighted by atomic mass is 35.5. The van der Waals surface area contributed by atoms with E-state index in [9.17, 15) is 18.0 Å². The highest BCUT2D eigenvalue weighted by molar-refractivity contribution is 5.85. The van der Waals surface area contributed by atoms with Gasteiger partial charge in [0.15, 0.2) is 0 Å². The number of rotatable bonds is 5. The fourth-order valence-electron chi connectivity index (χ4n) is 1.81. The van der Waals surface area contributed by atoms with Crippen molar-refractivity contribution in [1.82, 2.24) is 10.6 Å². The summed E-state index contributed by atoms with van der Waals surface area (Å²) in [6, 6.07) is 5.30. The summed E-state index contributed by atoms with van der Waals surface area (Å²) >= 11 is 0. The van der Waals surface area contributed by atoms with Crippen molar-refractivity contribution < 1.29 is 22.7 Å². The summed E-state index contributed by atoms with van der Waals surface area (Å²) in [6.07, 6.45) is -4.55. The van der Waals surface area contributed by atoms with E-state index in [-0.39, 0.29) is 30.5 Å². The Bertz CT molecular complexity index is 461. The molecule has 0 bridgehead atoms. The molecule has 1 aliphatic heterocycles. The lowest BCUT2D eigenvalue weighted by molar-refractivity contribution is -0.274. The highest BCUT2D eigenvalue weighted by Crippen LogP contribution is 2.22. The number of hydrogen-bond donors (Lipinski definition) is 2. The molecule has 21 heavy (non-hydrogen) atoms. The Hall–Kier alpha value is -1.47. The quantitative estimate of drug-likeness (QED) is 0.869. The van der Waals surface area contributed by atoms with Crippen LogP contribution in [0.2, 0.25) is 0 Å². The van der Waals surface area contributed by atoms with Crippen molar-refractivity contribution in [2.24, 2.45) is 5.92 Å². The van der Waals surface area contributed by atoms with E-state index in [1.54, 1.807) is 0 Å². The molecule has 118 valence electrons. The molecule has 0 saturated carbocycles. The topological polar surface area (TPSA) is 50.4 Å². The third-order valence-corrected chi connectivity index (χ3v) is 2.98. The zero-order chi connectivity index (χ0) is 14.6. The first-order valence-corrected chi connectivity index (χ1v) is 6.24. The number of carbonyl (C=O) groups is 1. The van der Waals surface area contributed by atoms with Gasteiger partial charge in [0.2, 0.25) is 5.91 Å². The zero-order valence-electron chi connectivity index (χ0n) is 11.1. The molecule has 1 fully saturated rings. The fraction of sp³-hybridized carbons (Fsp3) is 0.462. The van der Waals surface area contributed by atoms with Gasteiger partial charge in [-0.15, -0.1) is 25.6 Å². The van der Waals surface area contributed by atoms with E-state index in [1.165, 1.54) is 24.3 Å². The van der Waals surface area contributed by atoms with Crippen LogP contribution in [-0.2, 0) is 11.2 Å². The Kier molecular flexibility index (Phi) is 6.29. The van der Waals surface area contributed by atoms with E-state index in [2.05, 4.69) is 15.4 Å². The minimum absolute atomic E-state index is 0. The van der Waals surface area contributed by atoms with Crippen LogP contribution in [0.4, 0.5) is 13.2 Å². The number of amides is 1. The van der Waals surface area contributed by atoms with Crippen LogP contribution in [0.1, 0.15) is 5.56 Å². The molecule has 0 aliphatic carbocycles. The van der Waals surface area contributed by atoms with E-state index in [4.69, 9.17) is 0 Å². The first kappa shape index (κ1) is 17.6. The lowest BCUT2D eigenvalue weighted by Crippen LogP contribution is -2.48. The summed E-state index contributed by atoms with van der Waals surface area (Å²) < 4.78 is 39.7. The molecule has 2 N–H and O–H groups in total. The molecule has 1 aromatic carbocycles. The van der Waals surface area contributed by atoms with Gasteiger partial charge in [0.25, 0.3) is 0 Å². The number of halogens is 4. The number of hydrogen-bond acceptors (Lipinski definition) is 3. The third-order valence-electron chi connectivity index (χ3n) is 2.98. The molecule has 1 saturated heterocycles. The molecular formula is C13H16ClF3N2O2. The Morgan fingerprint density at radius 3 is 2.38 bits per heavy atom. The number of nitrogens with one attached hydrogen (secondary N) is 2. The van der Waals surface area contributed by atoms with Crippen LogP contribution >= 0.6 is 12.4 Å². The van der Waals surface area contributed by atoms with E-state index in [0.29, 0.717) is 18.0 Å². The van der Waals surface area contributed by atoms with Gasteiger partial charge in [0.05, 0.1) is 6.42 Å². The summed E-state index contributed by atoms with van der Waals surface area (Å²) in [6.45, 7) is 2.44. The van der Waals surface area contributed by atoms with Crippen LogP contribution in [0.3, 0.4) is 0 Å². The Balaban J connectivity index is 0.00000220. The molecule has 1 aromatic rings. The lowest BCUT2D eigenvalue weighted by atomic mass is 10.0. The molecule has 0 spiro atoms. The van der Waals surface area contributed by atoms with Gasteiger partial charge in [-0.1, -0.05) is 12.1 Å². The maximum Gasteiger partial charge on any atom is 0.573 e. The largest absolute Gasteiger partial charge is 0.573 e. The van der Waals surface area contributed by atoms with Crippen molar-refractivity contribution in [2.45, 2.75) is 12.8 Å². The third kappa shape index (κ3) is 6.22. The SMILES string of the molecule is Cl.O=C(Cc1ccc(OC(F)(F)F)cc1)NCC1CNC1. The average molecular weight is 325 g/mol. The molecule has 1 heterocycles. The molecule has 0 atom stereocenters. The highest BCUT2D eigenvalue weighted by Gasteiger charge is 2.30. The molecule has 0 radical (unpaired) electrons. The van der Waals surface area contributed by atoms with E-state index in [1.807, 2.05) is 0 Å². The summed E-state index contributed by atoms with van der Waals surface area (Å²) in [5.41, 5.74) is 0.642. The van der Waals surface area contributed by atoms with Gasteiger partial charge >= 0.3 is 6.36 Å². The summed E-state index contributed by atoms with van der Waals surface area (Å²) in [4.78, 5) is 11.6. The maximum atomic E-state index is 12.0. The Morgan fingerprint density at radius 1 is 1.29 bits per heavy atom. The zero-order valence-corrected chi connectivity index (χ0v) is 11.9. The lowest BCUT2D eigenvalue weighted by Gasteiger charge is -2.27. The van der Waals surface area contributed by atoms with Gasteiger partial charge in [-0.05, 0) is 17.7 Å². The molecular weight excluding hydrogens is 309 g/mol. The molecule has 0 aromatic heterocycles. The van der Waals surface area contributed by atoms with Gasteiger partial charge in [-0.2, -0.15) is 0 Å². The smallest absolute Gasteiger partial charge is 0.406 e. The fourth-order valence-corrected chi connectivity index (χ4v) is 1.81. The Labute approximate surface area is 126 Å². The van der Waals surface area contributed by atoms with Crippen molar-refractivity contribution in [1.29, 1.82) is 0 Å². The minimum atomic E-state index is -4.70. The number of carbonyl (C=O) groups excluding carboxylic acids is 1. The second-order valence-corrected chi connectivity index (χ2v) is 4.70. The summed E-state index contributed by atoms with van der Waals surface area (Å²) in [5, 5.41) is 5.90. The Morgan fingerprint density at radius 2 is 1.90 bits per heavy atom. The predicted octanol–water partition coefficient (Wildman–Crippen LogP) is 1.89. The van der Waals surface area contributed by atoms with Crippen molar-refractivity contribution in [3.8, 4) is 5.75 Å². The summed E-state index contributed by atoms with van der Waals surface area (Å²) in [5.74, 6) is 0.0464. The van der Waals surface area contributed by atoms with Gasteiger partial charge in [0, 0.05) is 25.6 Å². The first-order chi connectivity index (χ1) is 9.42. The second kappa shape index (κ2) is 7.51.